The SMILES string of the molecule is CC[C@@H](NC(=O)c1ccccc1NC(=O)c1ccccc1)C(=O)NNC(=O)c1ccncc1. The molecule has 1 atom stereocenters. The van der Waals surface area contributed by atoms with Crippen LogP contribution in [0.3, 0.4) is 0 Å². The topological polar surface area (TPSA) is 129 Å². The predicted octanol–water partition coefficient (Wildman–Crippen LogP) is 2.30. The Morgan fingerprint density at radius 3 is 2.09 bits per heavy atom. The maximum atomic E-state index is 12.9. The molecule has 0 fully saturated rings. The Morgan fingerprint density at radius 1 is 0.758 bits per heavy atom. The minimum atomic E-state index is -0.909. The molecule has 0 aliphatic rings. The zero-order chi connectivity index (χ0) is 23.6. The van der Waals surface area contributed by atoms with Gasteiger partial charge in [-0.05, 0) is 42.8 Å². The Labute approximate surface area is 190 Å². The van der Waals surface area contributed by atoms with Crippen molar-refractivity contribution >= 4 is 29.3 Å². The first-order chi connectivity index (χ1) is 16.0. The number of aromatic nitrogens is 1. The van der Waals surface area contributed by atoms with Crippen LogP contribution in [0.15, 0.2) is 79.1 Å². The van der Waals surface area contributed by atoms with Crippen molar-refractivity contribution in [2.24, 2.45) is 0 Å². The number of rotatable bonds is 7. The molecule has 168 valence electrons. The largest absolute Gasteiger partial charge is 0.340 e. The van der Waals surface area contributed by atoms with Gasteiger partial charge in [0.2, 0.25) is 0 Å². The second kappa shape index (κ2) is 11.2. The summed E-state index contributed by atoms with van der Waals surface area (Å²) in [7, 11) is 0. The summed E-state index contributed by atoms with van der Waals surface area (Å²) in [6, 6.07) is 17.2. The summed E-state index contributed by atoms with van der Waals surface area (Å²) in [5, 5.41) is 5.36. The maximum Gasteiger partial charge on any atom is 0.269 e. The van der Waals surface area contributed by atoms with E-state index in [1.807, 2.05) is 0 Å². The lowest BCUT2D eigenvalue weighted by Gasteiger charge is -2.18. The van der Waals surface area contributed by atoms with Crippen LogP contribution in [0.4, 0.5) is 5.69 Å². The third-order valence-electron chi connectivity index (χ3n) is 4.73. The lowest BCUT2D eigenvalue weighted by Crippen LogP contribution is -2.52. The zero-order valence-electron chi connectivity index (χ0n) is 17.9. The van der Waals surface area contributed by atoms with Gasteiger partial charge in [0.15, 0.2) is 0 Å². The molecular weight excluding hydrogens is 422 g/mol. The first-order valence-electron chi connectivity index (χ1n) is 10.3. The molecule has 3 aromatic rings. The molecule has 0 saturated heterocycles. The third-order valence-corrected chi connectivity index (χ3v) is 4.73. The van der Waals surface area contributed by atoms with Gasteiger partial charge in [-0.2, -0.15) is 0 Å². The summed E-state index contributed by atoms with van der Waals surface area (Å²) in [5.41, 5.74) is 5.91. The number of anilines is 1. The molecule has 0 saturated carbocycles. The Balaban J connectivity index is 1.63. The van der Waals surface area contributed by atoms with Crippen LogP contribution in [-0.4, -0.2) is 34.7 Å². The fourth-order valence-electron chi connectivity index (χ4n) is 2.94. The Bertz CT molecular complexity index is 1140. The van der Waals surface area contributed by atoms with E-state index in [1.54, 1.807) is 61.5 Å². The van der Waals surface area contributed by atoms with Crippen molar-refractivity contribution in [3.05, 3.63) is 95.8 Å². The molecule has 2 aromatic carbocycles. The molecule has 4 amide bonds. The number of hydrogen-bond acceptors (Lipinski definition) is 5. The van der Waals surface area contributed by atoms with Gasteiger partial charge in [-0.1, -0.05) is 37.3 Å². The molecule has 9 nitrogen and oxygen atoms in total. The summed E-state index contributed by atoms with van der Waals surface area (Å²) in [5.74, 6) is -2.00. The van der Waals surface area contributed by atoms with E-state index in [-0.39, 0.29) is 17.9 Å². The molecule has 33 heavy (non-hydrogen) atoms. The van der Waals surface area contributed by atoms with Crippen LogP contribution in [0, 0.1) is 0 Å². The fourth-order valence-corrected chi connectivity index (χ4v) is 2.94. The third kappa shape index (κ3) is 6.23. The number of nitrogens with zero attached hydrogens (tertiary/aromatic N) is 1. The Kier molecular flexibility index (Phi) is 7.85. The lowest BCUT2D eigenvalue weighted by atomic mass is 10.1. The van der Waals surface area contributed by atoms with Gasteiger partial charge < -0.3 is 10.6 Å². The van der Waals surface area contributed by atoms with Gasteiger partial charge in [0.25, 0.3) is 23.6 Å². The average Bonchev–Trinajstić information content (AvgIpc) is 2.86. The number of nitrogens with one attached hydrogen (secondary N) is 4. The van der Waals surface area contributed by atoms with Crippen molar-refractivity contribution in [1.29, 1.82) is 0 Å². The first-order valence-corrected chi connectivity index (χ1v) is 10.3. The van der Waals surface area contributed by atoms with Crippen molar-refractivity contribution in [3.63, 3.8) is 0 Å². The van der Waals surface area contributed by atoms with E-state index in [0.29, 0.717) is 16.8 Å². The van der Waals surface area contributed by atoms with Gasteiger partial charge >= 0.3 is 0 Å². The van der Waals surface area contributed by atoms with Crippen molar-refractivity contribution < 1.29 is 19.2 Å². The summed E-state index contributed by atoms with van der Waals surface area (Å²) >= 11 is 0. The number of amides is 4. The van der Waals surface area contributed by atoms with Gasteiger partial charge in [0.1, 0.15) is 6.04 Å². The summed E-state index contributed by atoms with van der Waals surface area (Å²) in [6.07, 6.45) is 3.20. The molecule has 0 spiro atoms. The van der Waals surface area contributed by atoms with Gasteiger partial charge in [0, 0.05) is 23.5 Å². The Hall–Kier alpha value is -4.53. The second-order valence-corrected chi connectivity index (χ2v) is 6.98. The number of carbonyl (C=O) groups is 4. The van der Waals surface area contributed by atoms with E-state index in [1.165, 1.54) is 24.5 Å². The minimum Gasteiger partial charge on any atom is -0.340 e. The molecule has 0 radical (unpaired) electrons. The van der Waals surface area contributed by atoms with Gasteiger partial charge in [-0.3, -0.25) is 35.0 Å². The van der Waals surface area contributed by atoms with E-state index in [0.717, 1.165) is 0 Å². The molecule has 0 aliphatic heterocycles. The number of hydrogen-bond donors (Lipinski definition) is 4. The van der Waals surface area contributed by atoms with Crippen molar-refractivity contribution in [3.8, 4) is 0 Å². The quantitative estimate of drug-likeness (QED) is 0.415. The van der Waals surface area contributed by atoms with Crippen molar-refractivity contribution in [2.75, 3.05) is 5.32 Å². The molecule has 1 aromatic heterocycles. The van der Waals surface area contributed by atoms with Crippen LogP contribution < -0.4 is 21.5 Å². The highest BCUT2D eigenvalue weighted by Gasteiger charge is 2.22. The molecule has 0 bridgehead atoms. The number of hydrazine groups is 1. The smallest absolute Gasteiger partial charge is 0.269 e. The average molecular weight is 445 g/mol. The molecule has 4 N–H and O–H groups in total. The highest BCUT2D eigenvalue weighted by atomic mass is 16.2. The second-order valence-electron chi connectivity index (χ2n) is 6.98. The van der Waals surface area contributed by atoms with Crippen molar-refractivity contribution in [1.82, 2.24) is 21.2 Å². The maximum absolute atomic E-state index is 12.9. The Morgan fingerprint density at radius 2 is 1.39 bits per heavy atom. The molecule has 0 unspecified atom stereocenters. The minimum absolute atomic E-state index is 0.203. The summed E-state index contributed by atoms with van der Waals surface area (Å²) in [4.78, 5) is 53.8. The molecule has 1 heterocycles. The van der Waals surface area contributed by atoms with E-state index >= 15 is 0 Å². The molecular formula is C24H23N5O4. The van der Waals surface area contributed by atoms with Crippen LogP contribution in [0.5, 0.6) is 0 Å². The molecule has 3 rings (SSSR count). The van der Waals surface area contributed by atoms with Gasteiger partial charge in [-0.15, -0.1) is 0 Å². The molecule has 9 heteroatoms. The van der Waals surface area contributed by atoms with Crippen LogP contribution in [-0.2, 0) is 4.79 Å². The molecule has 0 aliphatic carbocycles. The van der Waals surface area contributed by atoms with E-state index in [2.05, 4.69) is 26.5 Å². The highest BCUT2D eigenvalue weighted by Crippen LogP contribution is 2.17. The van der Waals surface area contributed by atoms with Crippen LogP contribution >= 0.6 is 0 Å². The number of para-hydroxylation sites is 1. The van der Waals surface area contributed by atoms with Crippen LogP contribution in [0.25, 0.3) is 0 Å². The number of benzene rings is 2. The summed E-state index contributed by atoms with van der Waals surface area (Å²) in [6.45, 7) is 1.72. The first kappa shape index (κ1) is 23.1. The standard InChI is InChI=1S/C24H23N5O4/c1-2-19(24(33)29-28-22(31)17-12-14-25-15-13-17)26-23(32)18-10-6-7-11-20(18)27-21(30)16-8-4-3-5-9-16/h3-15,19H,2H2,1H3,(H,26,32)(H,27,30)(H,28,31)(H,29,33)/t19-/m1/s1. The fraction of sp³-hybridized carbons (Fsp3) is 0.125. The van der Waals surface area contributed by atoms with Crippen LogP contribution in [0.2, 0.25) is 0 Å². The normalized spacial score (nSPS) is 11.1. The van der Waals surface area contributed by atoms with Crippen molar-refractivity contribution in [2.45, 2.75) is 19.4 Å². The van der Waals surface area contributed by atoms with E-state index in [9.17, 15) is 19.2 Å². The predicted molar refractivity (Wildman–Crippen MR) is 122 cm³/mol. The number of pyridine rings is 1. The van der Waals surface area contributed by atoms with E-state index < -0.39 is 23.8 Å². The lowest BCUT2D eigenvalue weighted by molar-refractivity contribution is -0.123. The van der Waals surface area contributed by atoms with Gasteiger partial charge in [0.05, 0.1) is 11.3 Å². The monoisotopic (exact) mass is 445 g/mol. The van der Waals surface area contributed by atoms with E-state index in [4.69, 9.17) is 0 Å². The van der Waals surface area contributed by atoms with Crippen LogP contribution in [0.1, 0.15) is 44.4 Å². The van der Waals surface area contributed by atoms with Gasteiger partial charge in [-0.25, -0.2) is 0 Å². The zero-order valence-corrected chi connectivity index (χ0v) is 17.9. The number of carbonyl (C=O) groups excluding carboxylic acids is 4. The summed E-state index contributed by atoms with van der Waals surface area (Å²) < 4.78 is 0. The highest BCUT2D eigenvalue weighted by molar-refractivity contribution is 6.09.